The molecular formula is C23H22IN3O3. The van der Waals surface area contributed by atoms with Crippen LogP contribution < -0.4 is 4.74 Å². The molecule has 30 heavy (non-hydrogen) atoms. The first kappa shape index (κ1) is 20.7. The minimum Gasteiger partial charge on any atom is -0.486 e. The third-order valence-corrected chi connectivity index (χ3v) is 5.85. The van der Waals surface area contributed by atoms with Gasteiger partial charge in [-0.3, -0.25) is 0 Å². The number of carbonyl (C=O) groups excluding carboxylic acids is 1. The van der Waals surface area contributed by atoms with Crippen LogP contribution >= 0.6 is 22.6 Å². The van der Waals surface area contributed by atoms with Gasteiger partial charge in [0.2, 0.25) is 0 Å². The number of nitrogens with zero attached hydrogens (tertiary/aromatic N) is 3. The zero-order valence-corrected chi connectivity index (χ0v) is 19.5. The molecule has 1 heterocycles. The van der Waals surface area contributed by atoms with Gasteiger partial charge < -0.3 is 9.47 Å². The molecule has 0 bridgehead atoms. The van der Waals surface area contributed by atoms with Crippen LogP contribution in [-0.4, -0.2) is 21.5 Å². The van der Waals surface area contributed by atoms with E-state index in [0.717, 1.165) is 29.5 Å². The van der Waals surface area contributed by atoms with E-state index < -0.39 is 11.7 Å². The maximum Gasteiger partial charge on any atom is 0.435 e. The van der Waals surface area contributed by atoms with Gasteiger partial charge >= 0.3 is 6.09 Å². The lowest BCUT2D eigenvalue weighted by molar-refractivity contribution is 0.0522. The number of benzene rings is 2. The second-order valence-electron chi connectivity index (χ2n) is 8.48. The van der Waals surface area contributed by atoms with Crippen LogP contribution in [0.25, 0.3) is 10.9 Å². The van der Waals surface area contributed by atoms with Crippen LogP contribution in [0, 0.1) is 22.0 Å². The topological polar surface area (TPSA) is 77.1 Å². The van der Waals surface area contributed by atoms with E-state index in [1.165, 1.54) is 15.8 Å². The summed E-state index contributed by atoms with van der Waals surface area (Å²) in [5.74, 6) is 0.728. The number of ether oxygens (including phenoxy) is 2. The third kappa shape index (κ3) is 3.88. The molecule has 7 heteroatoms. The van der Waals surface area contributed by atoms with Crippen molar-refractivity contribution in [3.63, 3.8) is 0 Å². The van der Waals surface area contributed by atoms with E-state index >= 15 is 0 Å². The molecule has 6 nitrogen and oxygen atoms in total. The van der Waals surface area contributed by atoms with Crippen molar-refractivity contribution in [3.8, 4) is 11.8 Å². The van der Waals surface area contributed by atoms with Crippen LogP contribution in [0.3, 0.4) is 0 Å². The molecule has 0 amide bonds. The molecule has 1 atom stereocenters. The average molecular weight is 515 g/mol. The van der Waals surface area contributed by atoms with Gasteiger partial charge in [-0.2, -0.15) is 15.0 Å². The van der Waals surface area contributed by atoms with Gasteiger partial charge in [0.15, 0.2) is 0 Å². The molecular weight excluding hydrogens is 493 g/mol. The van der Waals surface area contributed by atoms with Gasteiger partial charge in [0, 0.05) is 5.39 Å². The summed E-state index contributed by atoms with van der Waals surface area (Å²) >= 11 is 2.12. The molecule has 1 aromatic heterocycles. The molecule has 154 valence electrons. The molecule has 3 aromatic rings. The molecule has 4 rings (SSSR count). The fourth-order valence-corrected chi connectivity index (χ4v) is 4.54. The number of fused-ring (bicyclic) bond motifs is 2. The molecule has 1 unspecified atom stereocenters. The Bertz CT molecular complexity index is 1200. The van der Waals surface area contributed by atoms with E-state index in [-0.39, 0.29) is 6.10 Å². The van der Waals surface area contributed by atoms with Crippen molar-refractivity contribution in [1.29, 1.82) is 5.26 Å². The lowest BCUT2D eigenvalue weighted by Gasteiger charge is -2.19. The van der Waals surface area contributed by atoms with Gasteiger partial charge in [-0.05, 0) is 110 Å². The second kappa shape index (κ2) is 7.58. The van der Waals surface area contributed by atoms with E-state index in [1.807, 2.05) is 58.0 Å². The molecule has 0 fully saturated rings. The number of nitriles is 1. The fraction of sp³-hybridized carbons (Fsp3) is 0.348. The highest BCUT2D eigenvalue weighted by molar-refractivity contribution is 14.1. The standard InChI is InChI=1S/C23H22IN3O3/c1-13-9-14(12-25)10-15-5-8-19(20(13)15)29-16-6-7-18-17(11-16)21(24)26-27(18)22(28)30-23(2,3)4/h6-7,9-11,19H,5,8H2,1-4H3. The molecule has 0 saturated heterocycles. The number of rotatable bonds is 2. The number of halogens is 1. The van der Waals surface area contributed by atoms with E-state index in [4.69, 9.17) is 9.47 Å². The van der Waals surface area contributed by atoms with Crippen LogP contribution in [0.5, 0.6) is 5.75 Å². The van der Waals surface area contributed by atoms with E-state index in [2.05, 4.69) is 33.8 Å². The summed E-state index contributed by atoms with van der Waals surface area (Å²) in [6.07, 6.45) is 1.21. The molecule has 0 saturated carbocycles. The molecule has 0 N–H and O–H groups in total. The van der Waals surface area contributed by atoms with Gasteiger partial charge in [0.05, 0.1) is 17.1 Å². The Morgan fingerprint density at radius 1 is 1.30 bits per heavy atom. The fourth-order valence-electron chi connectivity index (χ4n) is 3.89. The Labute approximate surface area is 188 Å². The highest BCUT2D eigenvalue weighted by Crippen LogP contribution is 2.38. The third-order valence-electron chi connectivity index (χ3n) is 5.05. The monoisotopic (exact) mass is 515 g/mol. The van der Waals surface area contributed by atoms with Crippen molar-refractivity contribution in [2.24, 2.45) is 0 Å². The Morgan fingerprint density at radius 2 is 2.07 bits per heavy atom. The van der Waals surface area contributed by atoms with Crippen molar-refractivity contribution < 1.29 is 14.3 Å². The molecule has 2 aromatic carbocycles. The van der Waals surface area contributed by atoms with Gasteiger partial charge in [-0.1, -0.05) is 0 Å². The zero-order valence-electron chi connectivity index (χ0n) is 17.3. The van der Waals surface area contributed by atoms with Crippen molar-refractivity contribution in [2.45, 2.75) is 52.2 Å². The predicted molar refractivity (Wildman–Crippen MR) is 122 cm³/mol. The molecule has 0 aliphatic heterocycles. The molecule has 0 spiro atoms. The first-order valence-corrected chi connectivity index (χ1v) is 10.9. The van der Waals surface area contributed by atoms with E-state index in [0.29, 0.717) is 14.8 Å². The first-order valence-electron chi connectivity index (χ1n) is 9.78. The van der Waals surface area contributed by atoms with Gasteiger partial charge in [0.1, 0.15) is 21.2 Å². The number of aromatic nitrogens is 2. The van der Waals surface area contributed by atoms with Crippen molar-refractivity contribution >= 4 is 39.6 Å². The maximum atomic E-state index is 12.5. The van der Waals surface area contributed by atoms with Gasteiger partial charge in [-0.25, -0.2) is 4.79 Å². The van der Waals surface area contributed by atoms with Gasteiger partial charge in [0.25, 0.3) is 0 Å². The molecule has 0 radical (unpaired) electrons. The quantitative estimate of drug-likeness (QED) is 0.411. The smallest absolute Gasteiger partial charge is 0.435 e. The predicted octanol–water partition coefficient (Wildman–Crippen LogP) is 5.67. The normalized spacial score (nSPS) is 15.7. The highest BCUT2D eigenvalue weighted by atomic mass is 127. The van der Waals surface area contributed by atoms with Gasteiger partial charge in [-0.15, -0.1) is 0 Å². The summed E-state index contributed by atoms with van der Waals surface area (Å²) in [6, 6.07) is 11.7. The van der Waals surface area contributed by atoms with Crippen LogP contribution in [0.15, 0.2) is 30.3 Å². The van der Waals surface area contributed by atoms with Crippen LogP contribution in [-0.2, 0) is 11.2 Å². The first-order chi connectivity index (χ1) is 14.2. The number of hydrogen-bond donors (Lipinski definition) is 0. The largest absolute Gasteiger partial charge is 0.486 e. The molecule has 1 aliphatic carbocycles. The Kier molecular flexibility index (Phi) is 5.22. The number of carbonyl (C=O) groups is 1. The SMILES string of the molecule is Cc1cc(C#N)cc2c1C(Oc1ccc3c(c1)c(I)nn3C(=O)OC(C)(C)C)CC2. The summed E-state index contributed by atoms with van der Waals surface area (Å²) in [5, 5.41) is 14.4. The lowest BCUT2D eigenvalue weighted by atomic mass is 10.00. The summed E-state index contributed by atoms with van der Waals surface area (Å²) in [5.41, 5.74) is 4.22. The zero-order chi connectivity index (χ0) is 21.6. The van der Waals surface area contributed by atoms with Crippen molar-refractivity contribution in [1.82, 2.24) is 9.78 Å². The van der Waals surface area contributed by atoms with E-state index in [9.17, 15) is 10.1 Å². The van der Waals surface area contributed by atoms with Crippen molar-refractivity contribution in [2.75, 3.05) is 0 Å². The number of hydrogen-bond acceptors (Lipinski definition) is 5. The van der Waals surface area contributed by atoms with Crippen LogP contribution in [0.4, 0.5) is 4.79 Å². The second-order valence-corrected chi connectivity index (χ2v) is 9.51. The van der Waals surface area contributed by atoms with Crippen LogP contribution in [0.2, 0.25) is 0 Å². The van der Waals surface area contributed by atoms with E-state index in [1.54, 1.807) is 0 Å². The summed E-state index contributed by atoms with van der Waals surface area (Å²) in [6.45, 7) is 7.51. The highest BCUT2D eigenvalue weighted by Gasteiger charge is 2.27. The van der Waals surface area contributed by atoms with Crippen LogP contribution in [0.1, 0.15) is 55.5 Å². The minimum atomic E-state index is -0.594. The minimum absolute atomic E-state index is 0.0521. The average Bonchev–Trinajstić information content (AvgIpc) is 3.22. The maximum absolute atomic E-state index is 12.5. The lowest BCUT2D eigenvalue weighted by Crippen LogP contribution is -2.27. The summed E-state index contributed by atoms with van der Waals surface area (Å²) in [4.78, 5) is 12.5. The summed E-state index contributed by atoms with van der Waals surface area (Å²) in [7, 11) is 0. The summed E-state index contributed by atoms with van der Waals surface area (Å²) < 4.78 is 13.8. The van der Waals surface area contributed by atoms with Crippen molar-refractivity contribution in [3.05, 3.63) is 56.3 Å². The Morgan fingerprint density at radius 3 is 2.77 bits per heavy atom. The Hall–Kier alpha value is -2.60. The Balaban J connectivity index is 1.63. The number of aryl methyl sites for hydroxylation is 2. The molecule has 1 aliphatic rings.